The Kier molecular flexibility index (Phi) is 6.74. The van der Waals surface area contributed by atoms with E-state index in [-0.39, 0.29) is 12.6 Å². The van der Waals surface area contributed by atoms with Crippen LogP contribution < -0.4 is 5.32 Å². The lowest BCUT2D eigenvalue weighted by Gasteiger charge is -2.35. The number of methoxy groups -OCH3 is 1. The zero-order valence-corrected chi connectivity index (χ0v) is 12.5. The van der Waals surface area contributed by atoms with E-state index in [9.17, 15) is 9.59 Å². The molecule has 0 spiro atoms. The Balaban J connectivity index is 2.40. The van der Waals surface area contributed by atoms with E-state index in [1.165, 1.54) is 7.11 Å². The summed E-state index contributed by atoms with van der Waals surface area (Å²) in [4.78, 5) is 26.9. The number of nitrogens with zero attached hydrogens (tertiary/aromatic N) is 2. The van der Waals surface area contributed by atoms with Gasteiger partial charge in [-0.05, 0) is 5.92 Å². The first-order valence-corrected chi connectivity index (χ1v) is 6.93. The van der Waals surface area contributed by atoms with Crippen LogP contribution in [-0.4, -0.2) is 79.4 Å². The number of hydrogen-bond acceptors (Lipinski definition) is 4. The summed E-state index contributed by atoms with van der Waals surface area (Å²) >= 11 is 0. The van der Waals surface area contributed by atoms with Crippen molar-refractivity contribution in [2.24, 2.45) is 5.92 Å². The highest BCUT2D eigenvalue weighted by Crippen LogP contribution is 2.05. The van der Waals surface area contributed by atoms with E-state index in [4.69, 9.17) is 9.84 Å². The SMILES string of the molecule is COCC(NC(=O)N1CCN(CC(C)C)CC1)C(=O)O. The number of urea groups is 1. The Morgan fingerprint density at radius 1 is 1.25 bits per heavy atom. The molecule has 2 amide bonds. The maximum atomic E-state index is 12.0. The van der Waals surface area contributed by atoms with Crippen molar-refractivity contribution < 1.29 is 19.4 Å². The molecule has 7 heteroatoms. The molecule has 1 heterocycles. The topological polar surface area (TPSA) is 82.1 Å². The Morgan fingerprint density at radius 2 is 1.85 bits per heavy atom. The molecule has 0 saturated carbocycles. The van der Waals surface area contributed by atoms with Crippen LogP contribution in [-0.2, 0) is 9.53 Å². The number of carbonyl (C=O) groups excluding carboxylic acids is 1. The summed E-state index contributed by atoms with van der Waals surface area (Å²) in [7, 11) is 1.41. The number of carbonyl (C=O) groups is 2. The van der Waals surface area contributed by atoms with E-state index in [0.29, 0.717) is 19.0 Å². The van der Waals surface area contributed by atoms with E-state index >= 15 is 0 Å². The van der Waals surface area contributed by atoms with Crippen molar-refractivity contribution in [3.8, 4) is 0 Å². The third kappa shape index (κ3) is 5.34. The predicted molar refractivity (Wildman–Crippen MR) is 74.7 cm³/mol. The van der Waals surface area contributed by atoms with E-state index in [1.54, 1.807) is 4.90 Å². The van der Waals surface area contributed by atoms with Gasteiger partial charge in [0.05, 0.1) is 6.61 Å². The quantitative estimate of drug-likeness (QED) is 0.722. The first kappa shape index (κ1) is 16.7. The third-order valence-electron chi connectivity index (χ3n) is 3.21. The second-order valence-corrected chi connectivity index (χ2v) is 5.48. The minimum absolute atomic E-state index is 0.0333. The third-order valence-corrected chi connectivity index (χ3v) is 3.21. The van der Waals surface area contributed by atoms with Gasteiger partial charge in [-0.2, -0.15) is 0 Å². The second-order valence-electron chi connectivity index (χ2n) is 5.48. The van der Waals surface area contributed by atoms with Crippen LogP contribution in [0.2, 0.25) is 0 Å². The van der Waals surface area contributed by atoms with Gasteiger partial charge in [0.2, 0.25) is 0 Å². The zero-order valence-electron chi connectivity index (χ0n) is 12.5. The van der Waals surface area contributed by atoms with Crippen LogP contribution in [0.5, 0.6) is 0 Å². The number of hydrogen-bond donors (Lipinski definition) is 2. The summed E-state index contributed by atoms with van der Waals surface area (Å²) in [6, 6.07) is -1.33. The fraction of sp³-hybridized carbons (Fsp3) is 0.846. The molecule has 7 nitrogen and oxygen atoms in total. The number of ether oxygens (including phenoxy) is 1. The maximum Gasteiger partial charge on any atom is 0.328 e. The molecule has 1 atom stereocenters. The van der Waals surface area contributed by atoms with Crippen molar-refractivity contribution in [3.05, 3.63) is 0 Å². The van der Waals surface area contributed by atoms with Crippen LogP contribution in [0.4, 0.5) is 4.79 Å². The lowest BCUT2D eigenvalue weighted by atomic mass is 10.2. The Hall–Kier alpha value is -1.34. The van der Waals surface area contributed by atoms with E-state index < -0.39 is 12.0 Å². The summed E-state index contributed by atoms with van der Waals surface area (Å²) in [5.74, 6) is -0.480. The summed E-state index contributed by atoms with van der Waals surface area (Å²) in [6.07, 6.45) is 0. The molecule has 1 unspecified atom stereocenters. The molecule has 0 aromatic heterocycles. The van der Waals surface area contributed by atoms with Crippen LogP contribution in [0.25, 0.3) is 0 Å². The first-order chi connectivity index (χ1) is 9.43. The van der Waals surface area contributed by atoms with Crippen LogP contribution in [0.1, 0.15) is 13.8 Å². The molecule has 1 aliphatic heterocycles. The molecular weight excluding hydrogens is 262 g/mol. The van der Waals surface area contributed by atoms with Gasteiger partial charge in [0.25, 0.3) is 0 Å². The van der Waals surface area contributed by atoms with Gasteiger partial charge >= 0.3 is 12.0 Å². The fourth-order valence-electron chi connectivity index (χ4n) is 2.23. The van der Waals surface area contributed by atoms with Crippen molar-refractivity contribution in [1.29, 1.82) is 0 Å². The van der Waals surface area contributed by atoms with Gasteiger partial charge in [0.1, 0.15) is 0 Å². The van der Waals surface area contributed by atoms with E-state index in [1.807, 2.05) is 0 Å². The van der Waals surface area contributed by atoms with Crippen LogP contribution >= 0.6 is 0 Å². The number of rotatable bonds is 6. The van der Waals surface area contributed by atoms with Crippen molar-refractivity contribution >= 4 is 12.0 Å². The Bertz CT molecular complexity index is 328. The van der Waals surface area contributed by atoms with Crippen LogP contribution in [0.15, 0.2) is 0 Å². The van der Waals surface area contributed by atoms with Gasteiger partial charge in [-0.3, -0.25) is 4.90 Å². The lowest BCUT2D eigenvalue weighted by Crippen LogP contribution is -2.55. The van der Waals surface area contributed by atoms with Gasteiger partial charge < -0.3 is 20.1 Å². The Morgan fingerprint density at radius 3 is 2.30 bits per heavy atom. The molecule has 1 aliphatic rings. The number of amides is 2. The summed E-state index contributed by atoms with van der Waals surface area (Å²) in [5, 5.41) is 11.5. The van der Waals surface area contributed by atoms with Crippen molar-refractivity contribution in [1.82, 2.24) is 15.1 Å². The molecule has 0 aliphatic carbocycles. The predicted octanol–water partition coefficient (Wildman–Crippen LogP) is 0.0692. The maximum absolute atomic E-state index is 12.0. The number of carboxylic acids is 1. The number of piperazine rings is 1. The standard InChI is InChI=1S/C13H25N3O4/c1-10(2)8-15-4-6-16(7-5-15)13(19)14-11(9-20-3)12(17)18/h10-11H,4-9H2,1-3H3,(H,14,19)(H,17,18). The van der Waals surface area contributed by atoms with E-state index in [0.717, 1.165) is 19.6 Å². The molecule has 0 aromatic carbocycles. The van der Waals surface area contributed by atoms with Gasteiger partial charge in [-0.25, -0.2) is 9.59 Å². The highest BCUT2D eigenvalue weighted by molar-refractivity contribution is 5.82. The summed E-state index contributed by atoms with van der Waals surface area (Å²) in [5.41, 5.74) is 0. The fourth-order valence-corrected chi connectivity index (χ4v) is 2.23. The highest BCUT2D eigenvalue weighted by atomic mass is 16.5. The second kappa shape index (κ2) is 8.06. The summed E-state index contributed by atoms with van der Waals surface area (Å²) < 4.78 is 4.79. The molecule has 1 rings (SSSR count). The molecule has 1 saturated heterocycles. The van der Waals surface area contributed by atoms with Crippen LogP contribution in [0, 0.1) is 5.92 Å². The molecule has 0 bridgehead atoms. The van der Waals surface area contributed by atoms with Crippen LogP contribution in [0.3, 0.4) is 0 Å². The largest absolute Gasteiger partial charge is 0.480 e. The van der Waals surface area contributed by atoms with E-state index in [2.05, 4.69) is 24.1 Å². The minimum Gasteiger partial charge on any atom is -0.480 e. The highest BCUT2D eigenvalue weighted by Gasteiger charge is 2.25. The normalized spacial score (nSPS) is 18.1. The molecule has 2 N–H and O–H groups in total. The zero-order chi connectivity index (χ0) is 15.1. The minimum atomic E-state index is -1.08. The lowest BCUT2D eigenvalue weighted by molar-refractivity contribution is -0.140. The first-order valence-electron chi connectivity index (χ1n) is 6.93. The van der Waals surface area contributed by atoms with Gasteiger partial charge in [-0.15, -0.1) is 0 Å². The van der Waals surface area contributed by atoms with Crippen molar-refractivity contribution in [3.63, 3.8) is 0 Å². The molecule has 20 heavy (non-hydrogen) atoms. The number of carboxylic acid groups (broad SMARTS) is 1. The van der Waals surface area contributed by atoms with Crippen molar-refractivity contribution in [2.45, 2.75) is 19.9 Å². The molecule has 0 radical (unpaired) electrons. The number of nitrogens with one attached hydrogen (secondary N) is 1. The molecule has 0 aromatic rings. The van der Waals surface area contributed by atoms with Gasteiger partial charge in [0, 0.05) is 39.8 Å². The smallest absolute Gasteiger partial charge is 0.328 e. The van der Waals surface area contributed by atoms with Crippen molar-refractivity contribution in [2.75, 3.05) is 46.4 Å². The Labute approximate surface area is 119 Å². The van der Waals surface area contributed by atoms with Gasteiger partial charge in [0.15, 0.2) is 6.04 Å². The summed E-state index contributed by atoms with van der Waals surface area (Å²) in [6.45, 7) is 8.23. The molecular formula is C13H25N3O4. The van der Waals surface area contributed by atoms with Gasteiger partial charge in [-0.1, -0.05) is 13.8 Å². The average Bonchev–Trinajstić information content (AvgIpc) is 2.38. The number of aliphatic carboxylic acids is 1. The molecule has 1 fully saturated rings. The molecule has 116 valence electrons. The monoisotopic (exact) mass is 287 g/mol. The average molecular weight is 287 g/mol.